The molecule has 0 aliphatic carbocycles. The molecule has 1 heterocycles. The van der Waals surface area contributed by atoms with E-state index in [2.05, 4.69) is 9.97 Å². The van der Waals surface area contributed by atoms with Crippen molar-refractivity contribution in [3.63, 3.8) is 0 Å². The standard InChI is InChI=1S/C16H15N3O3/c1-11(10-21-2)22-16(20)12(8-17)7-13-9-18-14-5-3-4-6-15(14)19-13/h3-7,9,11H,10H2,1-2H3/b12-7+/t11-/m1/s1. The molecule has 2 aromatic rings. The fraction of sp³-hybridized carbons (Fsp3) is 0.250. The number of rotatable bonds is 5. The minimum Gasteiger partial charge on any atom is -0.456 e. The zero-order valence-corrected chi connectivity index (χ0v) is 12.3. The van der Waals surface area contributed by atoms with Gasteiger partial charge in [-0.05, 0) is 25.1 Å². The number of hydrogen-bond acceptors (Lipinski definition) is 6. The highest BCUT2D eigenvalue weighted by molar-refractivity contribution is 5.97. The van der Waals surface area contributed by atoms with E-state index in [0.717, 1.165) is 5.52 Å². The summed E-state index contributed by atoms with van der Waals surface area (Å²) >= 11 is 0. The van der Waals surface area contributed by atoms with Crippen LogP contribution in [-0.4, -0.2) is 35.8 Å². The van der Waals surface area contributed by atoms with Gasteiger partial charge in [0.2, 0.25) is 0 Å². The first kappa shape index (κ1) is 15.6. The Balaban J connectivity index is 2.23. The van der Waals surface area contributed by atoms with Crippen molar-refractivity contribution in [2.75, 3.05) is 13.7 Å². The highest BCUT2D eigenvalue weighted by atomic mass is 16.6. The summed E-state index contributed by atoms with van der Waals surface area (Å²) in [7, 11) is 1.51. The van der Waals surface area contributed by atoms with Gasteiger partial charge in [0, 0.05) is 7.11 Å². The molecule has 22 heavy (non-hydrogen) atoms. The van der Waals surface area contributed by atoms with Crippen LogP contribution in [0.1, 0.15) is 12.6 Å². The number of nitriles is 1. The van der Waals surface area contributed by atoms with Gasteiger partial charge in [0.15, 0.2) is 0 Å². The summed E-state index contributed by atoms with van der Waals surface area (Å²) in [5.41, 5.74) is 1.73. The third-order valence-corrected chi connectivity index (χ3v) is 2.81. The van der Waals surface area contributed by atoms with Crippen molar-refractivity contribution < 1.29 is 14.3 Å². The first-order valence-electron chi connectivity index (χ1n) is 6.67. The maximum atomic E-state index is 11.9. The van der Waals surface area contributed by atoms with Gasteiger partial charge in [-0.15, -0.1) is 0 Å². The molecule has 0 amide bonds. The van der Waals surface area contributed by atoms with Crippen LogP contribution in [0.5, 0.6) is 0 Å². The van der Waals surface area contributed by atoms with E-state index in [1.807, 2.05) is 30.3 Å². The number of esters is 1. The van der Waals surface area contributed by atoms with Gasteiger partial charge in [0.1, 0.15) is 17.7 Å². The van der Waals surface area contributed by atoms with Crippen molar-refractivity contribution in [1.82, 2.24) is 9.97 Å². The molecule has 1 aromatic carbocycles. The fourth-order valence-electron chi connectivity index (χ4n) is 1.84. The predicted molar refractivity (Wildman–Crippen MR) is 80.6 cm³/mol. The average molecular weight is 297 g/mol. The number of ether oxygens (including phenoxy) is 2. The number of nitrogens with zero attached hydrogens (tertiary/aromatic N) is 3. The van der Waals surface area contributed by atoms with Crippen LogP contribution in [0.25, 0.3) is 17.1 Å². The minimum absolute atomic E-state index is 0.132. The Labute approximate surface area is 128 Å². The van der Waals surface area contributed by atoms with Crippen LogP contribution in [0, 0.1) is 11.3 Å². The smallest absolute Gasteiger partial charge is 0.349 e. The lowest BCUT2D eigenvalue weighted by Crippen LogP contribution is -2.20. The van der Waals surface area contributed by atoms with E-state index in [9.17, 15) is 4.79 Å². The summed E-state index contributed by atoms with van der Waals surface area (Å²) in [5.74, 6) is -0.706. The summed E-state index contributed by atoms with van der Waals surface area (Å²) in [6, 6.07) is 9.18. The molecular formula is C16H15N3O3. The van der Waals surface area contributed by atoms with Crippen LogP contribution in [-0.2, 0) is 14.3 Å². The molecule has 0 saturated heterocycles. The number of carbonyl (C=O) groups excluding carboxylic acids is 1. The van der Waals surface area contributed by atoms with Crippen molar-refractivity contribution >= 4 is 23.1 Å². The Bertz CT molecular complexity index is 750. The number of aromatic nitrogens is 2. The summed E-state index contributed by atoms with van der Waals surface area (Å²) < 4.78 is 9.98. The molecule has 6 nitrogen and oxygen atoms in total. The average Bonchev–Trinajstić information content (AvgIpc) is 2.52. The number of para-hydroxylation sites is 2. The van der Waals surface area contributed by atoms with Gasteiger partial charge in [0.05, 0.1) is 29.5 Å². The molecule has 0 fully saturated rings. The Morgan fingerprint density at radius 3 is 2.82 bits per heavy atom. The molecule has 0 aliphatic heterocycles. The first-order valence-corrected chi connectivity index (χ1v) is 6.67. The second-order valence-electron chi connectivity index (χ2n) is 4.62. The van der Waals surface area contributed by atoms with Crippen molar-refractivity contribution in [2.45, 2.75) is 13.0 Å². The lowest BCUT2D eigenvalue weighted by molar-refractivity contribution is -0.145. The molecule has 1 aromatic heterocycles. The molecule has 0 bridgehead atoms. The van der Waals surface area contributed by atoms with Gasteiger partial charge >= 0.3 is 5.97 Å². The van der Waals surface area contributed by atoms with Gasteiger partial charge < -0.3 is 9.47 Å². The molecule has 6 heteroatoms. The van der Waals surface area contributed by atoms with E-state index < -0.39 is 12.1 Å². The SMILES string of the molecule is COC[C@@H](C)OC(=O)/C(C#N)=C/c1cnc2ccccc2n1. The fourth-order valence-corrected chi connectivity index (χ4v) is 1.84. The van der Waals surface area contributed by atoms with Crippen molar-refractivity contribution in [1.29, 1.82) is 5.26 Å². The van der Waals surface area contributed by atoms with Gasteiger partial charge in [-0.3, -0.25) is 4.98 Å². The number of methoxy groups -OCH3 is 1. The van der Waals surface area contributed by atoms with Crippen LogP contribution in [0.15, 0.2) is 36.0 Å². The third-order valence-electron chi connectivity index (χ3n) is 2.81. The number of benzene rings is 1. The second kappa shape index (κ2) is 7.29. The summed E-state index contributed by atoms with van der Waals surface area (Å²) in [6.07, 6.45) is 2.43. The second-order valence-corrected chi connectivity index (χ2v) is 4.62. The summed E-state index contributed by atoms with van der Waals surface area (Å²) in [4.78, 5) is 20.5. The van der Waals surface area contributed by atoms with E-state index in [1.165, 1.54) is 19.4 Å². The van der Waals surface area contributed by atoms with E-state index in [1.54, 1.807) is 6.92 Å². The maximum absolute atomic E-state index is 11.9. The van der Waals surface area contributed by atoms with Gasteiger partial charge in [0.25, 0.3) is 0 Å². The van der Waals surface area contributed by atoms with Crippen LogP contribution in [0.4, 0.5) is 0 Å². The molecule has 0 saturated carbocycles. The molecule has 2 rings (SSSR count). The highest BCUT2D eigenvalue weighted by Gasteiger charge is 2.15. The first-order chi connectivity index (χ1) is 10.6. The highest BCUT2D eigenvalue weighted by Crippen LogP contribution is 2.12. The van der Waals surface area contributed by atoms with Gasteiger partial charge in [-0.2, -0.15) is 5.26 Å². The monoisotopic (exact) mass is 297 g/mol. The number of hydrogen-bond donors (Lipinski definition) is 0. The quantitative estimate of drug-likeness (QED) is 0.477. The molecule has 0 unspecified atom stereocenters. The van der Waals surface area contributed by atoms with E-state index in [0.29, 0.717) is 11.2 Å². The minimum atomic E-state index is -0.706. The largest absolute Gasteiger partial charge is 0.456 e. The Morgan fingerprint density at radius 1 is 1.41 bits per heavy atom. The molecular weight excluding hydrogens is 282 g/mol. The zero-order chi connectivity index (χ0) is 15.9. The summed E-state index contributed by atoms with van der Waals surface area (Å²) in [6.45, 7) is 1.95. The zero-order valence-electron chi connectivity index (χ0n) is 12.3. The predicted octanol–water partition coefficient (Wildman–Crippen LogP) is 2.11. The lowest BCUT2D eigenvalue weighted by Gasteiger charge is -2.11. The number of carbonyl (C=O) groups is 1. The normalized spacial score (nSPS) is 12.7. The topological polar surface area (TPSA) is 85.1 Å². The van der Waals surface area contributed by atoms with Crippen molar-refractivity contribution in [2.24, 2.45) is 0 Å². The van der Waals surface area contributed by atoms with Crippen LogP contribution < -0.4 is 0 Å². The van der Waals surface area contributed by atoms with Gasteiger partial charge in [-0.25, -0.2) is 9.78 Å². The molecule has 0 aliphatic rings. The maximum Gasteiger partial charge on any atom is 0.349 e. The molecule has 112 valence electrons. The van der Waals surface area contributed by atoms with Gasteiger partial charge in [-0.1, -0.05) is 12.1 Å². The Kier molecular flexibility index (Phi) is 5.17. The van der Waals surface area contributed by atoms with Crippen LogP contribution in [0.2, 0.25) is 0 Å². The van der Waals surface area contributed by atoms with Crippen molar-refractivity contribution in [3.8, 4) is 6.07 Å². The summed E-state index contributed by atoms with van der Waals surface area (Å²) in [5, 5.41) is 9.12. The van der Waals surface area contributed by atoms with Crippen LogP contribution >= 0.6 is 0 Å². The lowest BCUT2D eigenvalue weighted by atomic mass is 10.2. The van der Waals surface area contributed by atoms with E-state index in [4.69, 9.17) is 14.7 Å². The Morgan fingerprint density at radius 2 is 2.14 bits per heavy atom. The van der Waals surface area contributed by atoms with E-state index >= 15 is 0 Å². The Hall–Kier alpha value is -2.78. The van der Waals surface area contributed by atoms with Crippen LogP contribution in [0.3, 0.4) is 0 Å². The number of fused-ring (bicyclic) bond motifs is 1. The third kappa shape index (κ3) is 3.87. The van der Waals surface area contributed by atoms with E-state index in [-0.39, 0.29) is 12.2 Å². The molecule has 1 atom stereocenters. The molecule has 0 radical (unpaired) electrons. The molecule has 0 N–H and O–H groups in total. The molecule has 0 spiro atoms. The van der Waals surface area contributed by atoms with Crippen molar-refractivity contribution in [3.05, 3.63) is 41.7 Å².